The first kappa shape index (κ1) is 19.4. The number of anilines is 1. The Kier molecular flexibility index (Phi) is 6.97. The Morgan fingerprint density at radius 1 is 1.24 bits per heavy atom. The van der Waals surface area contributed by atoms with Gasteiger partial charge < -0.3 is 10.2 Å². The maximum atomic E-state index is 13.9. The molecule has 0 saturated carbocycles. The molecule has 2 aromatic carbocycles. The van der Waals surface area contributed by atoms with Crippen molar-refractivity contribution in [2.75, 3.05) is 18.9 Å². The highest BCUT2D eigenvalue weighted by atomic mass is 35.5. The topological polar surface area (TPSA) is 33.5 Å². The average Bonchev–Trinajstić information content (AvgIpc) is 2.58. The summed E-state index contributed by atoms with van der Waals surface area (Å²) in [7, 11) is 1.85. The third-order valence-corrected chi connectivity index (χ3v) is 4.73. The summed E-state index contributed by atoms with van der Waals surface area (Å²) in [5, 5.41) is 3.38. The van der Waals surface area contributed by atoms with Gasteiger partial charge in [-0.25, -0.2) is 4.39 Å². The van der Waals surface area contributed by atoms with Crippen LogP contribution in [-0.4, -0.2) is 19.5 Å². The van der Waals surface area contributed by atoms with Crippen LogP contribution in [0.3, 0.4) is 0 Å². The van der Waals surface area contributed by atoms with Crippen molar-refractivity contribution in [1.29, 1.82) is 0 Å². The molecule has 2 rings (SSSR count). The average molecular weight is 364 g/mol. The first-order valence-electron chi connectivity index (χ1n) is 8.55. The van der Waals surface area contributed by atoms with Crippen molar-refractivity contribution < 1.29 is 14.1 Å². The molecule has 0 saturated heterocycles. The van der Waals surface area contributed by atoms with E-state index in [1.54, 1.807) is 12.1 Å². The first-order chi connectivity index (χ1) is 11.9. The summed E-state index contributed by atoms with van der Waals surface area (Å²) in [6.45, 7) is 4.85. The normalized spacial score (nSPS) is 13.3. The fraction of sp³-hybridized carbons (Fsp3) is 0.350. The number of quaternary nitrogens is 1. The van der Waals surface area contributed by atoms with Gasteiger partial charge in [-0.15, -0.1) is 0 Å². The molecule has 0 aromatic heterocycles. The molecule has 0 spiro atoms. The van der Waals surface area contributed by atoms with Crippen LogP contribution in [0.1, 0.15) is 37.3 Å². The third-order valence-electron chi connectivity index (χ3n) is 4.38. The largest absolute Gasteiger partial charge is 0.326 e. The van der Waals surface area contributed by atoms with Gasteiger partial charge in [0.2, 0.25) is 0 Å². The molecule has 2 N–H and O–H groups in total. The predicted molar refractivity (Wildman–Crippen MR) is 101 cm³/mol. The molecule has 0 bridgehead atoms. The van der Waals surface area contributed by atoms with Gasteiger partial charge in [-0.1, -0.05) is 49.7 Å². The number of hydrogen-bond acceptors (Lipinski definition) is 1. The van der Waals surface area contributed by atoms with E-state index >= 15 is 0 Å². The molecule has 0 aliphatic heterocycles. The van der Waals surface area contributed by atoms with Gasteiger partial charge in [0.1, 0.15) is 12.4 Å². The minimum absolute atomic E-state index is 0.0966. The van der Waals surface area contributed by atoms with E-state index < -0.39 is 0 Å². The van der Waals surface area contributed by atoms with E-state index in [1.807, 2.05) is 31.3 Å². The van der Waals surface area contributed by atoms with Crippen molar-refractivity contribution in [3.05, 3.63) is 64.4 Å². The molecular formula is C20H25ClFN2O+. The number of para-hydroxylation sites is 1. The smallest absolute Gasteiger partial charge is 0.279 e. The van der Waals surface area contributed by atoms with Crippen molar-refractivity contribution in [2.24, 2.45) is 0 Å². The number of hydrogen-bond donors (Lipinski definition) is 2. The predicted octanol–water partition coefficient (Wildman–Crippen LogP) is 3.65. The third kappa shape index (κ3) is 5.28. The molecule has 0 aliphatic rings. The number of carbonyl (C=O) groups excluding carboxylic acids is 1. The number of benzene rings is 2. The Labute approximate surface area is 153 Å². The van der Waals surface area contributed by atoms with Crippen LogP contribution >= 0.6 is 11.6 Å². The van der Waals surface area contributed by atoms with Crippen molar-refractivity contribution in [3.63, 3.8) is 0 Å². The summed E-state index contributed by atoms with van der Waals surface area (Å²) < 4.78 is 13.9. The van der Waals surface area contributed by atoms with Crippen LogP contribution in [0.5, 0.6) is 0 Å². The number of nitrogens with one attached hydrogen (secondary N) is 2. The van der Waals surface area contributed by atoms with Gasteiger partial charge >= 0.3 is 0 Å². The monoisotopic (exact) mass is 363 g/mol. The minimum Gasteiger partial charge on any atom is -0.326 e. The van der Waals surface area contributed by atoms with E-state index in [0.717, 1.165) is 22.6 Å². The summed E-state index contributed by atoms with van der Waals surface area (Å²) in [5.41, 5.74) is 2.42. The zero-order valence-corrected chi connectivity index (χ0v) is 15.7. The summed E-state index contributed by atoms with van der Waals surface area (Å²) >= 11 is 6.06. The quantitative estimate of drug-likeness (QED) is 0.773. The lowest BCUT2D eigenvalue weighted by atomic mass is 9.97. The lowest BCUT2D eigenvalue weighted by molar-refractivity contribution is -0.885. The standard InChI is InChI=1S/C20H24ClFN2O/c1-4-14(2)15-8-5-6-11-19(15)23-20(25)13-24(3)12-16-17(21)9-7-10-18(16)22/h5-11,14H,4,12-13H2,1-3H3,(H,23,25)/p+1/t14-/m1/s1. The zero-order valence-electron chi connectivity index (χ0n) is 14.9. The van der Waals surface area contributed by atoms with Crippen LogP contribution in [0, 0.1) is 5.82 Å². The SMILES string of the molecule is CC[C@@H](C)c1ccccc1NC(=O)C[NH+](C)Cc1c(F)cccc1Cl. The molecule has 5 heteroatoms. The summed E-state index contributed by atoms with van der Waals surface area (Å²) in [4.78, 5) is 13.3. The fourth-order valence-electron chi connectivity index (χ4n) is 2.79. The minimum atomic E-state index is -0.339. The molecule has 2 atom stereocenters. The number of halogens is 2. The van der Waals surface area contributed by atoms with Gasteiger partial charge in [-0.2, -0.15) is 0 Å². The Morgan fingerprint density at radius 3 is 2.64 bits per heavy atom. The number of rotatable bonds is 7. The van der Waals surface area contributed by atoms with Gasteiger partial charge in [0.15, 0.2) is 6.54 Å². The highest BCUT2D eigenvalue weighted by Gasteiger charge is 2.17. The highest BCUT2D eigenvalue weighted by Crippen LogP contribution is 2.26. The van der Waals surface area contributed by atoms with Crippen LogP contribution in [0.25, 0.3) is 0 Å². The molecule has 0 heterocycles. The van der Waals surface area contributed by atoms with Crippen LogP contribution in [0.15, 0.2) is 42.5 Å². The van der Waals surface area contributed by atoms with E-state index in [-0.39, 0.29) is 18.3 Å². The van der Waals surface area contributed by atoms with E-state index in [4.69, 9.17) is 11.6 Å². The Bertz CT molecular complexity index is 715. The van der Waals surface area contributed by atoms with E-state index in [1.165, 1.54) is 6.07 Å². The van der Waals surface area contributed by atoms with E-state index in [0.29, 0.717) is 23.0 Å². The summed E-state index contributed by atoms with van der Waals surface area (Å²) in [5.74, 6) is -0.0612. The van der Waals surface area contributed by atoms with Crippen molar-refractivity contribution in [1.82, 2.24) is 0 Å². The molecular weight excluding hydrogens is 339 g/mol. The van der Waals surface area contributed by atoms with Gasteiger partial charge in [0.05, 0.1) is 17.6 Å². The highest BCUT2D eigenvalue weighted by molar-refractivity contribution is 6.31. The maximum Gasteiger partial charge on any atom is 0.279 e. The van der Waals surface area contributed by atoms with Crippen LogP contribution in [0.4, 0.5) is 10.1 Å². The lowest BCUT2D eigenvalue weighted by Gasteiger charge is -2.18. The summed E-state index contributed by atoms with van der Waals surface area (Å²) in [6, 6.07) is 12.5. The lowest BCUT2D eigenvalue weighted by Crippen LogP contribution is -3.08. The van der Waals surface area contributed by atoms with Crippen molar-refractivity contribution >= 4 is 23.2 Å². The summed E-state index contributed by atoms with van der Waals surface area (Å²) in [6.07, 6.45) is 1.00. The Morgan fingerprint density at radius 2 is 1.96 bits per heavy atom. The number of amides is 1. The van der Waals surface area contributed by atoms with Gasteiger partial charge in [0, 0.05) is 5.69 Å². The van der Waals surface area contributed by atoms with Crippen LogP contribution in [-0.2, 0) is 11.3 Å². The molecule has 1 unspecified atom stereocenters. The Balaban J connectivity index is 2.01. The second-order valence-electron chi connectivity index (χ2n) is 6.46. The molecule has 1 amide bonds. The van der Waals surface area contributed by atoms with E-state index in [9.17, 15) is 9.18 Å². The maximum absolute atomic E-state index is 13.9. The second kappa shape index (κ2) is 8.97. The van der Waals surface area contributed by atoms with Gasteiger partial charge in [-0.3, -0.25) is 4.79 Å². The molecule has 0 aliphatic carbocycles. The number of carbonyl (C=O) groups is 1. The van der Waals surface area contributed by atoms with Gasteiger partial charge in [0.25, 0.3) is 5.91 Å². The van der Waals surface area contributed by atoms with E-state index in [2.05, 4.69) is 19.2 Å². The van der Waals surface area contributed by atoms with Crippen molar-refractivity contribution in [3.8, 4) is 0 Å². The molecule has 25 heavy (non-hydrogen) atoms. The molecule has 134 valence electrons. The zero-order chi connectivity index (χ0) is 18.4. The first-order valence-corrected chi connectivity index (χ1v) is 8.93. The van der Waals surface area contributed by atoms with Crippen LogP contribution < -0.4 is 10.2 Å². The second-order valence-corrected chi connectivity index (χ2v) is 6.86. The number of likely N-dealkylation sites (N-methyl/N-ethyl adjacent to an activating group) is 1. The molecule has 2 aromatic rings. The Hall–Kier alpha value is -1.91. The van der Waals surface area contributed by atoms with Gasteiger partial charge in [-0.05, 0) is 36.1 Å². The fourth-order valence-corrected chi connectivity index (χ4v) is 3.02. The molecule has 0 fully saturated rings. The molecule has 3 nitrogen and oxygen atoms in total. The van der Waals surface area contributed by atoms with Crippen molar-refractivity contribution in [2.45, 2.75) is 32.7 Å². The molecule has 0 radical (unpaired) electrons. The van der Waals surface area contributed by atoms with Crippen LogP contribution in [0.2, 0.25) is 5.02 Å².